The molecule has 23 heavy (non-hydrogen) atoms. The van der Waals surface area contributed by atoms with E-state index in [0.717, 1.165) is 30.0 Å². The quantitative estimate of drug-likeness (QED) is 0.366. The minimum Gasteiger partial charge on any atom is -0.491 e. The zero-order valence-electron chi connectivity index (χ0n) is 14.3. The van der Waals surface area contributed by atoms with E-state index in [2.05, 4.69) is 18.5 Å². The van der Waals surface area contributed by atoms with Gasteiger partial charge in [0.2, 0.25) is 0 Å². The largest absolute Gasteiger partial charge is 0.491 e. The van der Waals surface area contributed by atoms with Gasteiger partial charge in [0.15, 0.2) is 0 Å². The third-order valence-corrected chi connectivity index (χ3v) is 3.75. The number of ether oxygens (including phenoxy) is 2. The third-order valence-electron chi connectivity index (χ3n) is 3.17. The number of anilines is 1. The number of rotatable bonds is 11. The van der Waals surface area contributed by atoms with E-state index in [-0.39, 0.29) is 5.97 Å². The van der Waals surface area contributed by atoms with Gasteiger partial charge in [-0.2, -0.15) is 11.8 Å². The summed E-state index contributed by atoms with van der Waals surface area (Å²) in [6.45, 7) is 4.96. The molecule has 0 saturated carbocycles. The molecule has 0 saturated heterocycles. The molecule has 0 fully saturated rings. The fourth-order valence-electron chi connectivity index (χ4n) is 1.94. The van der Waals surface area contributed by atoms with Crippen molar-refractivity contribution in [2.45, 2.75) is 33.1 Å². The van der Waals surface area contributed by atoms with Crippen LogP contribution in [0.5, 0.6) is 5.75 Å². The average Bonchev–Trinajstić information content (AvgIpc) is 2.56. The van der Waals surface area contributed by atoms with Gasteiger partial charge in [-0.1, -0.05) is 25.5 Å². The number of esters is 1. The Bertz CT molecular complexity index is 503. The van der Waals surface area contributed by atoms with E-state index in [1.807, 2.05) is 31.2 Å². The molecule has 0 unspecified atom stereocenters. The molecule has 1 N–H and O–H groups in total. The Balaban J connectivity index is 2.79. The first-order chi connectivity index (χ1) is 11.2. The lowest BCUT2D eigenvalue weighted by molar-refractivity contribution is -0.138. The smallest absolute Gasteiger partial charge is 0.335 e. The number of nitrogens with one attached hydrogen (secondary N) is 1. The van der Waals surface area contributed by atoms with Crippen molar-refractivity contribution in [1.82, 2.24) is 0 Å². The molecular weight excluding hydrogens is 310 g/mol. The Labute approximate surface area is 143 Å². The zero-order chi connectivity index (χ0) is 16.9. The van der Waals surface area contributed by atoms with Gasteiger partial charge in [-0.25, -0.2) is 4.79 Å². The van der Waals surface area contributed by atoms with Gasteiger partial charge < -0.3 is 14.8 Å². The Kier molecular flexibility index (Phi) is 10.0. The molecule has 1 rings (SSSR count). The first kappa shape index (κ1) is 19.4. The van der Waals surface area contributed by atoms with Gasteiger partial charge >= 0.3 is 5.97 Å². The summed E-state index contributed by atoms with van der Waals surface area (Å²) in [5, 5.41) is 3.19. The van der Waals surface area contributed by atoms with Gasteiger partial charge in [0, 0.05) is 12.0 Å². The monoisotopic (exact) mass is 337 g/mol. The molecule has 1 aromatic rings. The number of carbonyl (C=O) groups is 1. The first-order valence-corrected chi connectivity index (χ1v) is 9.45. The number of benzene rings is 1. The topological polar surface area (TPSA) is 47.6 Å². The number of hydrogen-bond donors (Lipinski definition) is 1. The van der Waals surface area contributed by atoms with Crippen molar-refractivity contribution >= 4 is 23.4 Å². The summed E-state index contributed by atoms with van der Waals surface area (Å²) in [5.41, 5.74) is 1.51. The molecule has 0 atom stereocenters. The molecule has 0 aliphatic rings. The molecule has 4 nitrogen and oxygen atoms in total. The van der Waals surface area contributed by atoms with Gasteiger partial charge in [-0.05, 0) is 38.2 Å². The second-order valence-corrected chi connectivity index (χ2v) is 5.96. The van der Waals surface area contributed by atoms with E-state index in [0.29, 0.717) is 25.2 Å². The van der Waals surface area contributed by atoms with Crippen molar-refractivity contribution in [3.63, 3.8) is 0 Å². The molecule has 5 heteroatoms. The Hall–Kier alpha value is -1.62. The van der Waals surface area contributed by atoms with Crippen LogP contribution in [0.1, 0.15) is 33.1 Å². The van der Waals surface area contributed by atoms with Gasteiger partial charge in [0.25, 0.3) is 0 Å². The van der Waals surface area contributed by atoms with Crippen LogP contribution in [0, 0.1) is 0 Å². The van der Waals surface area contributed by atoms with E-state index in [4.69, 9.17) is 9.47 Å². The highest BCUT2D eigenvalue weighted by atomic mass is 32.2. The second-order valence-electron chi connectivity index (χ2n) is 4.98. The number of unbranched alkanes of at least 4 members (excludes halogenated alkanes) is 1. The lowest BCUT2D eigenvalue weighted by atomic mass is 10.1. The van der Waals surface area contributed by atoms with Crippen LogP contribution in [0.4, 0.5) is 5.69 Å². The number of thioether (sulfide) groups is 1. The summed E-state index contributed by atoms with van der Waals surface area (Å²) in [4.78, 5) is 12.0. The summed E-state index contributed by atoms with van der Waals surface area (Å²) >= 11 is 1.74. The highest BCUT2D eigenvalue weighted by Gasteiger charge is 2.10. The van der Waals surface area contributed by atoms with Crippen LogP contribution < -0.4 is 10.1 Å². The summed E-state index contributed by atoms with van der Waals surface area (Å²) < 4.78 is 10.9. The van der Waals surface area contributed by atoms with Crippen LogP contribution in [0.15, 0.2) is 36.0 Å². The minimum absolute atomic E-state index is 0.255. The molecule has 0 spiro atoms. The van der Waals surface area contributed by atoms with Crippen molar-refractivity contribution < 1.29 is 14.3 Å². The normalized spacial score (nSPS) is 11.2. The van der Waals surface area contributed by atoms with E-state index >= 15 is 0 Å². The second kappa shape index (κ2) is 11.9. The Morgan fingerprint density at radius 3 is 2.78 bits per heavy atom. The van der Waals surface area contributed by atoms with E-state index in [1.54, 1.807) is 18.0 Å². The summed E-state index contributed by atoms with van der Waals surface area (Å²) in [6, 6.07) is 7.74. The van der Waals surface area contributed by atoms with E-state index in [1.165, 1.54) is 0 Å². The maximum Gasteiger partial charge on any atom is 0.335 e. The van der Waals surface area contributed by atoms with E-state index in [9.17, 15) is 4.79 Å². The predicted molar refractivity (Wildman–Crippen MR) is 98.2 cm³/mol. The first-order valence-electron chi connectivity index (χ1n) is 8.06. The molecule has 0 radical (unpaired) electrons. The number of carbonyl (C=O) groups excluding carboxylic acids is 1. The van der Waals surface area contributed by atoms with E-state index < -0.39 is 0 Å². The highest BCUT2D eigenvalue weighted by molar-refractivity contribution is 7.98. The van der Waals surface area contributed by atoms with Crippen LogP contribution in [-0.2, 0) is 9.53 Å². The minimum atomic E-state index is -0.255. The van der Waals surface area contributed by atoms with Gasteiger partial charge in [-0.3, -0.25) is 0 Å². The van der Waals surface area contributed by atoms with Gasteiger partial charge in [0.05, 0.1) is 24.5 Å². The van der Waals surface area contributed by atoms with Crippen LogP contribution >= 0.6 is 11.8 Å². The standard InChI is InChI=1S/C18H27NO3S/c1-4-6-9-15(18(20)21-5-2)14-19-16-10-7-8-11-17(16)22-12-13-23-3/h7-8,10-11,14,19H,4-6,9,12-13H2,1-3H3. The lowest BCUT2D eigenvalue weighted by Crippen LogP contribution is -2.10. The van der Waals surface area contributed by atoms with Crippen LogP contribution in [0.25, 0.3) is 0 Å². The van der Waals surface area contributed by atoms with Crippen LogP contribution in [-0.4, -0.2) is 31.2 Å². The molecule has 128 valence electrons. The molecule has 0 aliphatic carbocycles. The fourth-order valence-corrected chi connectivity index (χ4v) is 2.19. The van der Waals surface area contributed by atoms with Crippen molar-refractivity contribution in [2.24, 2.45) is 0 Å². The molecule has 1 aromatic carbocycles. The fraction of sp³-hybridized carbons (Fsp3) is 0.500. The highest BCUT2D eigenvalue weighted by Crippen LogP contribution is 2.24. The Morgan fingerprint density at radius 2 is 2.09 bits per heavy atom. The predicted octanol–water partition coefficient (Wildman–Crippen LogP) is 4.48. The third kappa shape index (κ3) is 7.46. The van der Waals surface area contributed by atoms with Gasteiger partial charge in [-0.15, -0.1) is 0 Å². The Morgan fingerprint density at radius 1 is 1.30 bits per heavy atom. The molecule has 0 heterocycles. The van der Waals surface area contributed by atoms with Gasteiger partial charge in [0.1, 0.15) is 5.75 Å². The molecular formula is C18H27NO3S. The molecule has 0 bridgehead atoms. The lowest BCUT2D eigenvalue weighted by Gasteiger charge is -2.12. The molecule has 0 aromatic heterocycles. The molecule has 0 amide bonds. The zero-order valence-corrected chi connectivity index (χ0v) is 15.1. The van der Waals surface area contributed by atoms with Crippen molar-refractivity contribution in [1.29, 1.82) is 0 Å². The SMILES string of the molecule is CCCCC(=CNc1ccccc1OCCSC)C(=O)OCC. The molecule has 0 aliphatic heterocycles. The maximum absolute atomic E-state index is 12.0. The van der Waals surface area contributed by atoms with Crippen molar-refractivity contribution in [3.8, 4) is 5.75 Å². The van der Waals surface area contributed by atoms with Crippen molar-refractivity contribution in [2.75, 3.05) is 30.5 Å². The number of para-hydroxylation sites is 2. The van der Waals surface area contributed by atoms with Crippen LogP contribution in [0.3, 0.4) is 0 Å². The summed E-state index contributed by atoms with van der Waals surface area (Å²) in [7, 11) is 0. The van der Waals surface area contributed by atoms with Crippen LogP contribution in [0.2, 0.25) is 0 Å². The average molecular weight is 337 g/mol. The number of hydrogen-bond acceptors (Lipinski definition) is 5. The maximum atomic E-state index is 12.0. The summed E-state index contributed by atoms with van der Waals surface area (Å²) in [6.07, 6.45) is 6.49. The summed E-state index contributed by atoms with van der Waals surface area (Å²) in [5.74, 6) is 1.47. The van der Waals surface area contributed by atoms with Crippen molar-refractivity contribution in [3.05, 3.63) is 36.0 Å².